The average molecular weight is 294 g/mol. The molecule has 3 unspecified atom stereocenters. The summed E-state index contributed by atoms with van der Waals surface area (Å²) in [5, 5.41) is 7.54. The number of hydrogen-bond donors (Lipinski definition) is 1. The molecule has 1 saturated heterocycles. The van der Waals surface area contributed by atoms with Gasteiger partial charge in [-0.15, -0.1) is 0 Å². The largest absolute Gasteiger partial charge is 0.343 e. The second kappa shape index (κ2) is 7.02. The molecule has 1 amide bonds. The Balaban J connectivity index is 1.96. The first-order valence-corrected chi connectivity index (χ1v) is 7.89. The molecule has 1 aromatic rings. The molecule has 1 aliphatic heterocycles. The predicted octanol–water partition coefficient (Wildman–Crippen LogP) is 1.93. The number of aromatic nitrogens is 2. The molecule has 0 bridgehead atoms. The van der Waals surface area contributed by atoms with E-state index in [9.17, 15) is 4.79 Å². The molecular formula is C15H26N4O2. The summed E-state index contributed by atoms with van der Waals surface area (Å²) >= 11 is 0. The van der Waals surface area contributed by atoms with Crippen molar-refractivity contribution < 1.29 is 9.32 Å². The fraction of sp³-hybridized carbons (Fsp3) is 0.800. The van der Waals surface area contributed by atoms with Crippen LogP contribution in [0.1, 0.15) is 58.3 Å². The van der Waals surface area contributed by atoms with E-state index in [2.05, 4.69) is 29.3 Å². The van der Waals surface area contributed by atoms with Gasteiger partial charge in [0.2, 0.25) is 11.8 Å². The lowest BCUT2D eigenvalue weighted by Gasteiger charge is -2.39. The third-order valence-corrected chi connectivity index (χ3v) is 4.34. The van der Waals surface area contributed by atoms with Gasteiger partial charge in [-0.1, -0.05) is 25.4 Å². The van der Waals surface area contributed by atoms with E-state index < -0.39 is 0 Å². The van der Waals surface area contributed by atoms with Crippen LogP contribution in [0.25, 0.3) is 0 Å². The smallest absolute Gasteiger partial charge is 0.243 e. The van der Waals surface area contributed by atoms with Crippen molar-refractivity contribution in [1.29, 1.82) is 0 Å². The topological polar surface area (TPSA) is 71.3 Å². The van der Waals surface area contributed by atoms with Crippen LogP contribution >= 0.6 is 0 Å². The Kier molecular flexibility index (Phi) is 5.33. The van der Waals surface area contributed by atoms with E-state index in [1.807, 2.05) is 11.8 Å². The highest BCUT2D eigenvalue weighted by molar-refractivity contribution is 5.73. The van der Waals surface area contributed by atoms with Gasteiger partial charge >= 0.3 is 0 Å². The minimum atomic E-state index is 0.0423. The first-order chi connectivity index (χ1) is 10.0. The monoisotopic (exact) mass is 294 g/mol. The number of carbonyl (C=O) groups is 1. The van der Waals surface area contributed by atoms with Crippen molar-refractivity contribution in [2.45, 2.75) is 59.0 Å². The van der Waals surface area contributed by atoms with Crippen molar-refractivity contribution in [3.05, 3.63) is 11.7 Å². The van der Waals surface area contributed by atoms with Crippen LogP contribution in [-0.2, 0) is 11.2 Å². The van der Waals surface area contributed by atoms with Crippen LogP contribution in [0.5, 0.6) is 0 Å². The summed E-state index contributed by atoms with van der Waals surface area (Å²) in [4.78, 5) is 17.8. The fourth-order valence-corrected chi connectivity index (χ4v) is 2.93. The van der Waals surface area contributed by atoms with E-state index in [1.54, 1.807) is 6.92 Å². The van der Waals surface area contributed by atoms with Crippen LogP contribution in [-0.4, -0.2) is 40.1 Å². The molecule has 0 spiro atoms. The van der Waals surface area contributed by atoms with Crippen molar-refractivity contribution in [3.63, 3.8) is 0 Å². The highest BCUT2D eigenvalue weighted by atomic mass is 16.5. The van der Waals surface area contributed by atoms with Crippen LogP contribution in [0.15, 0.2) is 4.52 Å². The number of carbonyl (C=O) groups excluding carboxylic acids is 1. The summed E-state index contributed by atoms with van der Waals surface area (Å²) in [6.07, 6.45) is 2.81. The zero-order valence-corrected chi connectivity index (χ0v) is 13.4. The van der Waals surface area contributed by atoms with Gasteiger partial charge in [0.15, 0.2) is 5.82 Å². The van der Waals surface area contributed by atoms with E-state index in [4.69, 9.17) is 4.52 Å². The lowest BCUT2D eigenvalue weighted by molar-refractivity contribution is -0.131. The molecular weight excluding hydrogens is 268 g/mol. The first kappa shape index (κ1) is 15.9. The van der Waals surface area contributed by atoms with Gasteiger partial charge < -0.3 is 14.7 Å². The lowest BCUT2D eigenvalue weighted by atomic mass is 9.89. The van der Waals surface area contributed by atoms with Crippen molar-refractivity contribution in [1.82, 2.24) is 20.4 Å². The molecule has 21 heavy (non-hydrogen) atoms. The number of nitrogens with zero attached hydrogens (tertiary/aromatic N) is 3. The number of nitrogens with one attached hydrogen (secondary N) is 1. The number of likely N-dealkylation sites (tertiary alicyclic amines) is 1. The van der Waals surface area contributed by atoms with Crippen LogP contribution in [0.4, 0.5) is 0 Å². The molecule has 118 valence electrons. The maximum Gasteiger partial charge on any atom is 0.243 e. The van der Waals surface area contributed by atoms with Crippen molar-refractivity contribution >= 4 is 5.91 Å². The van der Waals surface area contributed by atoms with E-state index >= 15 is 0 Å². The third-order valence-electron chi connectivity index (χ3n) is 4.34. The highest BCUT2D eigenvalue weighted by Gasteiger charge is 2.30. The summed E-state index contributed by atoms with van der Waals surface area (Å²) < 4.78 is 5.30. The van der Waals surface area contributed by atoms with Gasteiger partial charge in [0.05, 0.1) is 6.04 Å². The molecule has 1 aromatic heterocycles. The molecule has 1 aliphatic rings. The fourth-order valence-electron chi connectivity index (χ4n) is 2.93. The first-order valence-electron chi connectivity index (χ1n) is 7.89. The van der Waals surface area contributed by atoms with Crippen LogP contribution in [0, 0.1) is 5.92 Å². The number of aryl methyl sites for hydroxylation is 1. The Morgan fingerprint density at radius 1 is 1.52 bits per heavy atom. The summed E-state index contributed by atoms with van der Waals surface area (Å²) in [6, 6.07) is 0.429. The summed E-state index contributed by atoms with van der Waals surface area (Å²) in [6.45, 7) is 9.54. The molecule has 2 rings (SSSR count). The second-order valence-electron chi connectivity index (χ2n) is 5.82. The number of amides is 1. The average Bonchev–Trinajstić information content (AvgIpc) is 2.96. The van der Waals surface area contributed by atoms with Crippen molar-refractivity contribution in [2.24, 2.45) is 5.92 Å². The number of hydrogen-bond acceptors (Lipinski definition) is 5. The Labute approximate surface area is 126 Å². The lowest BCUT2D eigenvalue weighted by Crippen LogP contribution is -2.50. The number of piperidine rings is 1. The second-order valence-corrected chi connectivity index (χ2v) is 5.82. The Hall–Kier alpha value is -1.43. The molecule has 0 aromatic carbocycles. The molecule has 6 nitrogen and oxygen atoms in total. The van der Waals surface area contributed by atoms with Gasteiger partial charge in [-0.3, -0.25) is 4.79 Å². The maximum absolute atomic E-state index is 11.5. The zero-order chi connectivity index (χ0) is 15.4. The SMILES string of the molecule is CCc1noc(C(C)NC2CCN(C(C)=O)CC2CC)n1. The van der Waals surface area contributed by atoms with Gasteiger partial charge in [-0.25, -0.2) is 0 Å². The number of rotatable bonds is 5. The quantitative estimate of drug-likeness (QED) is 0.898. The highest BCUT2D eigenvalue weighted by Crippen LogP contribution is 2.23. The van der Waals surface area contributed by atoms with Crippen LogP contribution < -0.4 is 5.32 Å². The van der Waals surface area contributed by atoms with Gasteiger partial charge in [-0.2, -0.15) is 4.98 Å². The molecule has 0 radical (unpaired) electrons. The zero-order valence-electron chi connectivity index (χ0n) is 13.4. The van der Waals surface area contributed by atoms with E-state index in [1.165, 1.54) is 0 Å². The minimum Gasteiger partial charge on any atom is -0.343 e. The van der Waals surface area contributed by atoms with Crippen molar-refractivity contribution in [2.75, 3.05) is 13.1 Å². The molecule has 3 atom stereocenters. The summed E-state index contributed by atoms with van der Waals surface area (Å²) in [5.74, 6) is 2.04. The van der Waals surface area contributed by atoms with E-state index in [0.717, 1.165) is 38.2 Å². The summed E-state index contributed by atoms with van der Waals surface area (Å²) in [5.41, 5.74) is 0. The standard InChI is InChI=1S/C15H26N4O2/c1-5-12-9-19(11(4)20)8-7-13(12)16-10(3)15-17-14(6-2)18-21-15/h10,12-13,16H,5-9H2,1-4H3. The Bertz CT molecular complexity index is 474. The molecule has 0 aliphatic carbocycles. The van der Waals surface area contributed by atoms with Crippen LogP contribution in [0.2, 0.25) is 0 Å². The Morgan fingerprint density at radius 2 is 2.29 bits per heavy atom. The van der Waals surface area contributed by atoms with Gasteiger partial charge in [0.1, 0.15) is 0 Å². The predicted molar refractivity (Wildman–Crippen MR) is 79.7 cm³/mol. The van der Waals surface area contributed by atoms with Gasteiger partial charge in [0, 0.05) is 32.5 Å². The van der Waals surface area contributed by atoms with Gasteiger partial charge in [-0.05, 0) is 19.3 Å². The molecule has 1 fully saturated rings. The molecule has 0 saturated carbocycles. The molecule has 2 heterocycles. The maximum atomic E-state index is 11.5. The Morgan fingerprint density at radius 3 is 2.86 bits per heavy atom. The van der Waals surface area contributed by atoms with E-state index in [0.29, 0.717) is 17.9 Å². The van der Waals surface area contributed by atoms with E-state index in [-0.39, 0.29) is 11.9 Å². The molecule has 6 heteroatoms. The third kappa shape index (κ3) is 3.81. The summed E-state index contributed by atoms with van der Waals surface area (Å²) in [7, 11) is 0. The normalized spacial score (nSPS) is 24.1. The minimum absolute atomic E-state index is 0.0423. The van der Waals surface area contributed by atoms with Gasteiger partial charge in [0.25, 0.3) is 0 Å². The van der Waals surface area contributed by atoms with Crippen LogP contribution in [0.3, 0.4) is 0 Å². The molecule has 1 N–H and O–H groups in total. The van der Waals surface area contributed by atoms with Crippen molar-refractivity contribution in [3.8, 4) is 0 Å².